The molecule has 0 spiro atoms. The fourth-order valence-corrected chi connectivity index (χ4v) is 0.164. The van der Waals surface area contributed by atoms with E-state index >= 15 is 0 Å². The standard InChI is InChI=1S/C3H6F3N/c4-3(5,6)1-2-7/h1-2,7H2/i4-1. The van der Waals surface area contributed by atoms with Crippen LogP contribution in [0.3, 0.4) is 0 Å². The highest BCUT2D eigenvalue weighted by Gasteiger charge is 2.24. The summed E-state index contributed by atoms with van der Waals surface area (Å²) in [4.78, 5) is 0. The molecule has 0 saturated carbocycles. The van der Waals surface area contributed by atoms with E-state index in [-0.39, 0.29) is 6.54 Å². The first-order valence-electron chi connectivity index (χ1n) is 1.83. The Bertz CT molecular complexity index is 48.6. The summed E-state index contributed by atoms with van der Waals surface area (Å²) < 4.78 is 32.9. The third kappa shape index (κ3) is 5.75. The van der Waals surface area contributed by atoms with E-state index in [1.807, 2.05) is 0 Å². The molecule has 0 unspecified atom stereocenters. The van der Waals surface area contributed by atoms with Crippen LogP contribution in [0.1, 0.15) is 6.42 Å². The van der Waals surface area contributed by atoms with Crippen molar-refractivity contribution in [3.05, 3.63) is 0 Å². The Morgan fingerprint density at radius 3 is 1.71 bits per heavy atom. The van der Waals surface area contributed by atoms with Gasteiger partial charge in [0, 0.05) is 6.54 Å². The first-order valence-corrected chi connectivity index (χ1v) is 1.83. The third-order valence-corrected chi connectivity index (χ3v) is 0.428. The Kier molecular flexibility index (Phi) is 2.08. The van der Waals surface area contributed by atoms with E-state index in [1.54, 1.807) is 0 Å². The monoisotopic (exact) mass is 112 g/mol. The van der Waals surface area contributed by atoms with Gasteiger partial charge in [-0.3, -0.25) is 0 Å². The smallest absolute Gasteiger partial charge is 0.330 e. The van der Waals surface area contributed by atoms with Crippen LogP contribution in [-0.2, 0) is 0 Å². The van der Waals surface area contributed by atoms with Gasteiger partial charge in [0.1, 0.15) is 0 Å². The van der Waals surface area contributed by atoms with E-state index in [2.05, 4.69) is 5.73 Å². The Labute approximate surface area is 39.3 Å². The van der Waals surface area contributed by atoms with Gasteiger partial charge in [-0.15, -0.1) is 0 Å². The molecule has 0 aliphatic heterocycles. The van der Waals surface area contributed by atoms with Crippen molar-refractivity contribution in [2.45, 2.75) is 12.6 Å². The fraction of sp³-hybridized carbons (Fsp3) is 1.00. The SMILES string of the molecule is NCCC(F)(F)[18F]. The summed E-state index contributed by atoms with van der Waals surface area (Å²) in [5, 5.41) is 0. The molecule has 4 heteroatoms. The number of halogens is 3. The highest BCUT2D eigenvalue weighted by molar-refractivity contribution is 4.47. The summed E-state index contributed by atoms with van der Waals surface area (Å²) in [6.07, 6.45) is -4.96. The fourth-order valence-electron chi connectivity index (χ4n) is 0.164. The number of rotatable bonds is 1. The summed E-state index contributed by atoms with van der Waals surface area (Å²) in [6, 6.07) is 0. The van der Waals surface area contributed by atoms with Gasteiger partial charge in [-0.25, -0.2) is 0 Å². The lowest BCUT2D eigenvalue weighted by atomic mass is 10.4. The van der Waals surface area contributed by atoms with Crippen LogP contribution in [-0.4, -0.2) is 12.7 Å². The zero-order valence-corrected chi connectivity index (χ0v) is 3.63. The zero-order chi connectivity index (χ0) is 5.91. The molecule has 1 nitrogen and oxygen atoms in total. The largest absolute Gasteiger partial charge is 0.390 e. The van der Waals surface area contributed by atoms with Gasteiger partial charge in [-0.05, 0) is 0 Å². The number of alkyl halides is 3. The molecule has 0 heterocycles. The zero-order valence-electron chi connectivity index (χ0n) is 3.63. The normalized spacial score (nSPS) is 12.0. The molecular weight excluding hydrogens is 106 g/mol. The highest BCUT2D eigenvalue weighted by atomic mass is 19.3. The molecule has 0 aromatic heterocycles. The van der Waals surface area contributed by atoms with Crippen molar-refractivity contribution in [2.75, 3.05) is 6.54 Å². The Hall–Kier alpha value is -0.250. The summed E-state index contributed by atoms with van der Waals surface area (Å²) in [5.41, 5.74) is 4.59. The second kappa shape index (κ2) is 2.16. The highest BCUT2D eigenvalue weighted by Crippen LogP contribution is 2.17. The van der Waals surface area contributed by atoms with E-state index in [0.717, 1.165) is 0 Å². The second-order valence-corrected chi connectivity index (χ2v) is 1.15. The van der Waals surface area contributed by atoms with Gasteiger partial charge in [0.15, 0.2) is 0 Å². The molecule has 0 atom stereocenters. The predicted octanol–water partition coefficient (Wildman–Crippen LogP) is 0.898. The van der Waals surface area contributed by atoms with E-state index < -0.39 is 12.6 Å². The summed E-state index contributed by atoms with van der Waals surface area (Å²) in [6.45, 7) is -0.316. The maximum absolute atomic E-state index is 11.0. The lowest BCUT2D eigenvalue weighted by Gasteiger charge is -2.00. The van der Waals surface area contributed by atoms with Crippen molar-refractivity contribution >= 4 is 0 Å². The molecule has 0 radical (unpaired) electrons. The van der Waals surface area contributed by atoms with Crippen LogP contribution in [0.5, 0.6) is 0 Å². The molecule has 0 bridgehead atoms. The molecule has 44 valence electrons. The average molecular weight is 112 g/mol. The Morgan fingerprint density at radius 2 is 1.71 bits per heavy atom. The van der Waals surface area contributed by atoms with Crippen LogP contribution in [0.15, 0.2) is 0 Å². The maximum atomic E-state index is 11.0. The van der Waals surface area contributed by atoms with Gasteiger partial charge in [-0.1, -0.05) is 0 Å². The minimum atomic E-state index is -4.07. The van der Waals surface area contributed by atoms with Crippen molar-refractivity contribution in [3.8, 4) is 0 Å². The van der Waals surface area contributed by atoms with E-state index in [1.165, 1.54) is 0 Å². The number of hydrogen-bond acceptors (Lipinski definition) is 1. The molecule has 2 N–H and O–H groups in total. The molecule has 0 aromatic rings. The van der Waals surface area contributed by atoms with Gasteiger partial charge in [-0.2, -0.15) is 13.2 Å². The van der Waals surface area contributed by atoms with Crippen molar-refractivity contribution < 1.29 is 13.2 Å². The molecule has 0 rings (SSSR count). The third-order valence-electron chi connectivity index (χ3n) is 0.428. The van der Waals surface area contributed by atoms with Crippen molar-refractivity contribution in [1.82, 2.24) is 0 Å². The first kappa shape index (κ1) is 6.75. The maximum Gasteiger partial charge on any atom is 0.390 e. The Morgan fingerprint density at radius 1 is 1.29 bits per heavy atom. The van der Waals surface area contributed by atoms with E-state index in [4.69, 9.17) is 0 Å². The molecule has 0 aromatic carbocycles. The lowest BCUT2D eigenvalue weighted by molar-refractivity contribution is -0.132. The van der Waals surface area contributed by atoms with Gasteiger partial charge < -0.3 is 5.73 Å². The number of hydrogen-bond donors (Lipinski definition) is 1. The Balaban J connectivity index is 3.15. The minimum absolute atomic E-state index is 0.316. The van der Waals surface area contributed by atoms with Crippen molar-refractivity contribution in [1.29, 1.82) is 0 Å². The van der Waals surface area contributed by atoms with Crippen LogP contribution in [0.25, 0.3) is 0 Å². The van der Waals surface area contributed by atoms with Crippen molar-refractivity contribution in [2.24, 2.45) is 5.73 Å². The van der Waals surface area contributed by atoms with Crippen LogP contribution >= 0.6 is 0 Å². The molecular formula is C3H6F3N. The quantitative estimate of drug-likeness (QED) is 0.535. The van der Waals surface area contributed by atoms with Gasteiger partial charge in [0.05, 0.1) is 6.42 Å². The molecule has 7 heavy (non-hydrogen) atoms. The summed E-state index contributed by atoms with van der Waals surface area (Å²) in [7, 11) is 0. The summed E-state index contributed by atoms with van der Waals surface area (Å²) >= 11 is 0. The van der Waals surface area contributed by atoms with Gasteiger partial charge in [0.2, 0.25) is 0 Å². The average Bonchev–Trinajstić information content (AvgIpc) is 1.30. The van der Waals surface area contributed by atoms with E-state index in [0.29, 0.717) is 0 Å². The van der Waals surface area contributed by atoms with Crippen molar-refractivity contribution in [3.63, 3.8) is 0 Å². The molecule has 0 amide bonds. The molecule has 0 fully saturated rings. The van der Waals surface area contributed by atoms with Crippen LogP contribution in [0.2, 0.25) is 0 Å². The van der Waals surface area contributed by atoms with Gasteiger partial charge in [0.25, 0.3) is 0 Å². The first-order chi connectivity index (χ1) is 3.06. The molecule has 0 aliphatic rings. The predicted molar refractivity (Wildman–Crippen MR) is 19.7 cm³/mol. The van der Waals surface area contributed by atoms with Gasteiger partial charge >= 0.3 is 6.18 Å². The number of nitrogens with two attached hydrogens (primary N) is 1. The minimum Gasteiger partial charge on any atom is -0.330 e. The van der Waals surface area contributed by atoms with Crippen LogP contribution in [0, 0.1) is 0 Å². The van der Waals surface area contributed by atoms with E-state index in [9.17, 15) is 13.2 Å². The molecule has 0 saturated heterocycles. The topological polar surface area (TPSA) is 26.0 Å². The van der Waals surface area contributed by atoms with Crippen LogP contribution in [0.4, 0.5) is 13.2 Å². The van der Waals surface area contributed by atoms with Crippen LogP contribution < -0.4 is 5.73 Å². The summed E-state index contributed by atoms with van der Waals surface area (Å²) in [5.74, 6) is 0. The second-order valence-electron chi connectivity index (χ2n) is 1.15. The molecule has 0 aliphatic carbocycles. The lowest BCUT2D eigenvalue weighted by Crippen LogP contribution is -2.14.